The van der Waals surface area contributed by atoms with E-state index in [0.29, 0.717) is 31.4 Å². The van der Waals surface area contributed by atoms with Gasteiger partial charge in [-0.2, -0.15) is 5.26 Å². The molecule has 0 N–H and O–H groups in total. The van der Waals surface area contributed by atoms with Crippen LogP contribution in [-0.4, -0.2) is 10.4 Å². The summed E-state index contributed by atoms with van der Waals surface area (Å²) in [5, 5.41) is 10.7. The highest BCUT2D eigenvalue weighted by molar-refractivity contribution is 7.07. The van der Waals surface area contributed by atoms with Crippen LogP contribution in [0.3, 0.4) is 0 Å². The number of thiazole rings is 1. The maximum atomic E-state index is 13.5. The number of aryl methyl sites for hydroxylation is 1. The SMILES string of the molecule is Cc1cccc(-n2c(=O)/c(=C\c3ccc(Cl)c(Cl)c3)s/c2=C(\C#N)C(=O)c2ccccc2)c1. The van der Waals surface area contributed by atoms with E-state index in [1.165, 1.54) is 4.57 Å². The monoisotopic (exact) mass is 490 g/mol. The molecule has 33 heavy (non-hydrogen) atoms. The van der Waals surface area contributed by atoms with Crippen molar-refractivity contribution in [1.82, 2.24) is 4.57 Å². The third-order valence-corrected chi connectivity index (χ3v) is 6.75. The van der Waals surface area contributed by atoms with Crippen molar-refractivity contribution in [2.75, 3.05) is 0 Å². The zero-order valence-electron chi connectivity index (χ0n) is 17.4. The van der Waals surface area contributed by atoms with Gasteiger partial charge in [-0.15, -0.1) is 11.3 Å². The zero-order chi connectivity index (χ0) is 23.5. The second-order valence-electron chi connectivity index (χ2n) is 7.25. The third kappa shape index (κ3) is 4.69. The molecule has 0 radical (unpaired) electrons. The van der Waals surface area contributed by atoms with Gasteiger partial charge < -0.3 is 0 Å². The van der Waals surface area contributed by atoms with E-state index < -0.39 is 5.78 Å². The molecule has 0 aliphatic rings. The van der Waals surface area contributed by atoms with E-state index in [0.717, 1.165) is 16.9 Å². The number of aromatic nitrogens is 1. The van der Waals surface area contributed by atoms with Gasteiger partial charge in [0.05, 0.1) is 20.3 Å². The maximum absolute atomic E-state index is 13.5. The van der Waals surface area contributed by atoms with Crippen LogP contribution in [0.4, 0.5) is 0 Å². The molecule has 4 nitrogen and oxygen atoms in total. The van der Waals surface area contributed by atoms with Crippen LogP contribution in [0.2, 0.25) is 10.0 Å². The van der Waals surface area contributed by atoms with Gasteiger partial charge in [0.1, 0.15) is 16.3 Å². The van der Waals surface area contributed by atoms with Gasteiger partial charge in [-0.05, 0) is 48.4 Å². The van der Waals surface area contributed by atoms with Crippen molar-refractivity contribution in [3.63, 3.8) is 0 Å². The Morgan fingerprint density at radius 2 is 1.76 bits per heavy atom. The van der Waals surface area contributed by atoms with Gasteiger partial charge in [-0.3, -0.25) is 14.2 Å². The molecule has 0 amide bonds. The highest BCUT2D eigenvalue weighted by Gasteiger charge is 2.18. The largest absolute Gasteiger partial charge is 0.288 e. The van der Waals surface area contributed by atoms with Crippen molar-refractivity contribution in [1.29, 1.82) is 5.26 Å². The van der Waals surface area contributed by atoms with Gasteiger partial charge in [-0.25, -0.2) is 0 Å². The number of nitriles is 1. The highest BCUT2D eigenvalue weighted by Crippen LogP contribution is 2.22. The number of ketones is 1. The molecule has 0 aliphatic heterocycles. The molecular weight excluding hydrogens is 475 g/mol. The molecule has 162 valence electrons. The number of carbonyl (C=O) groups is 1. The van der Waals surface area contributed by atoms with Crippen LogP contribution >= 0.6 is 34.5 Å². The summed E-state index contributed by atoms with van der Waals surface area (Å²) >= 11 is 13.2. The van der Waals surface area contributed by atoms with E-state index in [-0.39, 0.29) is 15.8 Å². The lowest BCUT2D eigenvalue weighted by Crippen LogP contribution is -2.31. The second kappa shape index (κ2) is 9.60. The summed E-state index contributed by atoms with van der Waals surface area (Å²) in [6, 6.07) is 23.0. The molecule has 1 heterocycles. The molecule has 1 aromatic heterocycles. The fourth-order valence-corrected chi connectivity index (χ4v) is 4.74. The highest BCUT2D eigenvalue weighted by atomic mass is 35.5. The number of hydrogen-bond donors (Lipinski definition) is 0. The fourth-order valence-electron chi connectivity index (χ4n) is 3.33. The predicted molar refractivity (Wildman–Crippen MR) is 134 cm³/mol. The number of Topliss-reactive ketones (excluding diaryl/α,β-unsaturated/α-hetero) is 1. The first kappa shape index (κ1) is 22.8. The van der Waals surface area contributed by atoms with Crippen molar-refractivity contribution in [2.45, 2.75) is 6.92 Å². The number of carbonyl (C=O) groups excluding carboxylic acids is 1. The predicted octanol–water partition coefficient (Wildman–Crippen LogP) is 4.90. The quantitative estimate of drug-likeness (QED) is 0.382. The summed E-state index contributed by atoms with van der Waals surface area (Å²) in [6.45, 7) is 1.91. The Morgan fingerprint density at radius 1 is 1.00 bits per heavy atom. The van der Waals surface area contributed by atoms with Crippen molar-refractivity contribution in [2.24, 2.45) is 0 Å². The number of benzene rings is 3. The molecule has 0 aliphatic carbocycles. The standard InChI is InChI=1S/C26H16Cl2N2O2S/c1-16-6-5-9-19(12-16)30-25(32)23(14-17-10-11-21(27)22(28)13-17)33-26(30)20(15-29)24(31)18-7-3-2-4-8-18/h2-14H,1H3/b23-14+,26-20+. The summed E-state index contributed by atoms with van der Waals surface area (Å²) in [7, 11) is 0. The van der Waals surface area contributed by atoms with Crippen molar-refractivity contribution in [3.8, 4) is 11.8 Å². The van der Waals surface area contributed by atoms with Gasteiger partial charge in [0.2, 0.25) is 5.78 Å². The third-order valence-electron chi connectivity index (χ3n) is 4.91. The molecule has 0 fully saturated rings. The Hall–Kier alpha value is -3.43. The van der Waals surface area contributed by atoms with Gasteiger partial charge in [0.15, 0.2) is 0 Å². The molecule has 7 heteroatoms. The smallest absolute Gasteiger partial charge is 0.273 e. The van der Waals surface area contributed by atoms with Gasteiger partial charge in [0.25, 0.3) is 5.56 Å². The molecule has 0 saturated heterocycles. The van der Waals surface area contributed by atoms with E-state index in [1.807, 2.05) is 31.2 Å². The van der Waals surface area contributed by atoms with Crippen LogP contribution < -0.4 is 14.8 Å². The summed E-state index contributed by atoms with van der Waals surface area (Å²) in [4.78, 5) is 26.7. The van der Waals surface area contributed by atoms with Gasteiger partial charge in [-0.1, -0.05) is 71.7 Å². The lowest BCUT2D eigenvalue weighted by atomic mass is 10.1. The Bertz CT molecular complexity index is 1600. The van der Waals surface area contributed by atoms with E-state index in [1.54, 1.807) is 60.7 Å². The molecule has 0 spiro atoms. The van der Waals surface area contributed by atoms with Crippen molar-refractivity contribution in [3.05, 3.63) is 119 Å². The molecule has 4 aromatic rings. The number of rotatable bonds is 4. The van der Waals surface area contributed by atoms with Crippen LogP contribution in [0.25, 0.3) is 17.3 Å². The zero-order valence-corrected chi connectivity index (χ0v) is 19.7. The first-order valence-electron chi connectivity index (χ1n) is 9.89. The first-order valence-corrected chi connectivity index (χ1v) is 11.5. The summed E-state index contributed by atoms with van der Waals surface area (Å²) in [5.41, 5.74) is 2.14. The van der Waals surface area contributed by atoms with Crippen molar-refractivity contribution < 1.29 is 4.79 Å². The van der Waals surface area contributed by atoms with E-state index >= 15 is 0 Å². The van der Waals surface area contributed by atoms with Crippen molar-refractivity contribution >= 4 is 52.0 Å². The summed E-state index contributed by atoms with van der Waals surface area (Å²) in [5.74, 6) is -0.443. The minimum absolute atomic E-state index is 0.0985. The minimum atomic E-state index is -0.443. The Labute approximate surface area is 203 Å². The van der Waals surface area contributed by atoms with Crippen LogP contribution in [0, 0.1) is 18.3 Å². The van der Waals surface area contributed by atoms with Gasteiger partial charge >= 0.3 is 0 Å². The fraction of sp³-hybridized carbons (Fsp3) is 0.0385. The van der Waals surface area contributed by atoms with Gasteiger partial charge in [0, 0.05) is 5.56 Å². The van der Waals surface area contributed by atoms with Crippen LogP contribution in [-0.2, 0) is 0 Å². The molecule has 0 bridgehead atoms. The Kier molecular flexibility index (Phi) is 6.62. The maximum Gasteiger partial charge on any atom is 0.273 e. The summed E-state index contributed by atoms with van der Waals surface area (Å²) in [6.07, 6.45) is 1.67. The minimum Gasteiger partial charge on any atom is -0.288 e. The molecule has 4 rings (SSSR count). The normalized spacial score (nSPS) is 12.4. The average molecular weight is 491 g/mol. The average Bonchev–Trinajstić information content (AvgIpc) is 3.12. The van der Waals surface area contributed by atoms with Crippen LogP contribution in [0.1, 0.15) is 21.5 Å². The van der Waals surface area contributed by atoms with Crippen LogP contribution in [0.5, 0.6) is 0 Å². The lowest BCUT2D eigenvalue weighted by molar-refractivity contribution is 0.105. The molecule has 3 aromatic carbocycles. The molecule has 0 unspecified atom stereocenters. The van der Waals surface area contributed by atoms with E-state index in [9.17, 15) is 14.9 Å². The molecular formula is C26H16Cl2N2O2S. The Balaban J connectivity index is 2.07. The number of hydrogen-bond acceptors (Lipinski definition) is 4. The summed E-state index contributed by atoms with van der Waals surface area (Å²) < 4.78 is 2.05. The number of nitrogens with zero attached hydrogens (tertiary/aromatic N) is 2. The topological polar surface area (TPSA) is 62.9 Å². The second-order valence-corrected chi connectivity index (χ2v) is 9.10. The van der Waals surface area contributed by atoms with E-state index in [4.69, 9.17) is 23.2 Å². The molecule has 0 atom stereocenters. The van der Waals surface area contributed by atoms with Crippen LogP contribution in [0.15, 0.2) is 77.6 Å². The number of halogens is 2. The van der Waals surface area contributed by atoms with E-state index in [2.05, 4.69) is 0 Å². The first-order chi connectivity index (χ1) is 15.9. The lowest BCUT2D eigenvalue weighted by Gasteiger charge is -2.05. The molecule has 0 saturated carbocycles. The Morgan fingerprint density at radius 3 is 2.42 bits per heavy atom.